The number of halogens is 1. The molecule has 5 nitrogen and oxygen atoms in total. The zero-order chi connectivity index (χ0) is 13.6. The Balaban J connectivity index is 0.00000147. The second-order valence-corrected chi connectivity index (χ2v) is 5.73. The molecule has 2 N–H and O–H groups in total. The van der Waals surface area contributed by atoms with Gasteiger partial charge in [-0.05, 0) is 25.3 Å². The number of carbonyl (C=O) groups excluding carboxylic acids is 1. The topological polar surface area (TPSA) is 68.3 Å². The molecule has 2 aliphatic heterocycles. The quantitative estimate of drug-likeness (QED) is 0.824. The van der Waals surface area contributed by atoms with Gasteiger partial charge in [0.1, 0.15) is 0 Å². The van der Waals surface area contributed by atoms with Crippen LogP contribution in [0.1, 0.15) is 25.0 Å². The van der Waals surface area contributed by atoms with E-state index in [0.29, 0.717) is 19.0 Å². The number of piperidine rings is 1. The van der Waals surface area contributed by atoms with Crippen molar-refractivity contribution in [1.29, 1.82) is 0 Å². The molecule has 3 rings (SSSR count). The first-order chi connectivity index (χ1) is 9.06. The highest BCUT2D eigenvalue weighted by Gasteiger charge is 2.36. The molecule has 0 saturated carbocycles. The normalized spacial score (nSPS) is 25.4. The van der Waals surface area contributed by atoms with E-state index in [4.69, 9.17) is 5.73 Å². The molecular weight excluding hydrogens is 278 g/mol. The van der Waals surface area contributed by atoms with Gasteiger partial charge in [-0.3, -0.25) is 9.59 Å². The van der Waals surface area contributed by atoms with E-state index in [1.165, 1.54) is 0 Å². The van der Waals surface area contributed by atoms with Crippen LogP contribution in [0.2, 0.25) is 0 Å². The molecule has 0 aromatic carbocycles. The summed E-state index contributed by atoms with van der Waals surface area (Å²) < 4.78 is 1.87. The molecule has 3 atom stereocenters. The molecule has 1 saturated heterocycles. The Kier molecular flexibility index (Phi) is 4.20. The summed E-state index contributed by atoms with van der Waals surface area (Å²) in [6.45, 7) is 3.84. The van der Waals surface area contributed by atoms with Crippen LogP contribution in [0, 0.1) is 5.92 Å². The molecule has 20 heavy (non-hydrogen) atoms. The van der Waals surface area contributed by atoms with Crippen molar-refractivity contribution in [2.75, 3.05) is 13.1 Å². The van der Waals surface area contributed by atoms with Gasteiger partial charge in [0.15, 0.2) is 0 Å². The number of aromatic nitrogens is 1. The monoisotopic (exact) mass is 297 g/mol. The molecule has 1 fully saturated rings. The number of nitrogens with zero attached hydrogens (tertiary/aromatic N) is 2. The van der Waals surface area contributed by atoms with Crippen LogP contribution in [0.25, 0.3) is 0 Å². The molecule has 3 heterocycles. The van der Waals surface area contributed by atoms with E-state index in [9.17, 15) is 9.59 Å². The lowest BCUT2D eigenvalue weighted by atomic mass is 9.83. The number of carbonyl (C=O) groups is 1. The van der Waals surface area contributed by atoms with Gasteiger partial charge in [-0.1, -0.05) is 6.07 Å². The lowest BCUT2D eigenvalue weighted by Gasteiger charge is -2.43. The Morgan fingerprint density at radius 3 is 2.80 bits per heavy atom. The van der Waals surface area contributed by atoms with E-state index >= 15 is 0 Å². The number of likely N-dealkylation sites (tertiary alicyclic amines) is 1. The van der Waals surface area contributed by atoms with Crippen LogP contribution in [0.15, 0.2) is 23.0 Å². The van der Waals surface area contributed by atoms with Crippen LogP contribution in [0.5, 0.6) is 0 Å². The van der Waals surface area contributed by atoms with E-state index in [1.54, 1.807) is 19.1 Å². The average molecular weight is 298 g/mol. The smallest absolute Gasteiger partial charge is 0.250 e. The molecular formula is C14H20ClN3O2. The third-order valence-electron chi connectivity index (χ3n) is 4.18. The number of nitrogens with two attached hydrogens (primary N) is 1. The Morgan fingerprint density at radius 1 is 1.35 bits per heavy atom. The van der Waals surface area contributed by atoms with Crippen LogP contribution in [-0.2, 0) is 11.3 Å². The first-order valence-electron chi connectivity index (χ1n) is 6.80. The van der Waals surface area contributed by atoms with Crippen molar-refractivity contribution in [2.45, 2.75) is 31.8 Å². The van der Waals surface area contributed by atoms with Gasteiger partial charge in [-0.25, -0.2) is 0 Å². The standard InChI is InChI=1S/C14H19N3O2.ClH/c1-9(15)14(19)16-6-10-5-11(8-16)12-3-2-4-13(18)17(12)7-10;/h2-4,9-11H,5-8,15H2,1H3;1H. The first kappa shape index (κ1) is 15.1. The van der Waals surface area contributed by atoms with Crippen molar-refractivity contribution in [3.63, 3.8) is 0 Å². The SMILES string of the molecule is CC(N)C(=O)N1CC2CC(C1)c1cccc(=O)n1C2.Cl. The number of hydrogen-bond acceptors (Lipinski definition) is 3. The maximum Gasteiger partial charge on any atom is 0.250 e. The van der Waals surface area contributed by atoms with Crippen molar-refractivity contribution in [3.05, 3.63) is 34.2 Å². The third kappa shape index (κ3) is 2.47. The fourth-order valence-electron chi connectivity index (χ4n) is 3.36. The third-order valence-corrected chi connectivity index (χ3v) is 4.18. The van der Waals surface area contributed by atoms with Crippen LogP contribution >= 0.6 is 12.4 Å². The highest BCUT2D eigenvalue weighted by atomic mass is 35.5. The largest absolute Gasteiger partial charge is 0.340 e. The molecule has 1 amide bonds. The van der Waals surface area contributed by atoms with Gasteiger partial charge in [0.05, 0.1) is 6.04 Å². The molecule has 0 spiro atoms. The van der Waals surface area contributed by atoms with Crippen molar-refractivity contribution < 1.29 is 4.79 Å². The van der Waals surface area contributed by atoms with Crippen LogP contribution < -0.4 is 11.3 Å². The summed E-state index contributed by atoms with van der Waals surface area (Å²) in [5, 5.41) is 0. The van der Waals surface area contributed by atoms with Gasteiger partial charge in [-0.2, -0.15) is 0 Å². The summed E-state index contributed by atoms with van der Waals surface area (Å²) in [6, 6.07) is 4.97. The summed E-state index contributed by atoms with van der Waals surface area (Å²) in [5.41, 5.74) is 6.82. The van der Waals surface area contributed by atoms with Crippen molar-refractivity contribution in [1.82, 2.24) is 9.47 Å². The number of fused-ring (bicyclic) bond motifs is 4. The minimum Gasteiger partial charge on any atom is -0.340 e. The van der Waals surface area contributed by atoms with Crippen LogP contribution in [0.4, 0.5) is 0 Å². The maximum absolute atomic E-state index is 12.0. The summed E-state index contributed by atoms with van der Waals surface area (Å²) in [5.74, 6) is 0.652. The molecule has 3 unspecified atom stereocenters. The molecule has 0 aliphatic carbocycles. The Bertz CT molecular complexity index is 570. The number of rotatable bonds is 1. The molecule has 2 bridgehead atoms. The Hall–Kier alpha value is -1.33. The predicted molar refractivity (Wildman–Crippen MR) is 79.0 cm³/mol. The average Bonchev–Trinajstić information content (AvgIpc) is 2.39. The van der Waals surface area contributed by atoms with Crippen LogP contribution in [0.3, 0.4) is 0 Å². The van der Waals surface area contributed by atoms with Gasteiger partial charge in [0.2, 0.25) is 5.91 Å². The highest BCUT2D eigenvalue weighted by Crippen LogP contribution is 2.34. The minimum atomic E-state index is -0.447. The Labute approximate surface area is 124 Å². The maximum atomic E-state index is 12.0. The van der Waals surface area contributed by atoms with Gasteiger partial charge >= 0.3 is 0 Å². The second kappa shape index (κ2) is 5.58. The lowest BCUT2D eigenvalue weighted by Crippen LogP contribution is -2.52. The predicted octanol–water partition coefficient (Wildman–Crippen LogP) is 0.563. The molecule has 6 heteroatoms. The molecule has 0 radical (unpaired) electrons. The first-order valence-corrected chi connectivity index (χ1v) is 6.80. The molecule has 110 valence electrons. The van der Waals surface area contributed by atoms with E-state index in [0.717, 1.165) is 18.7 Å². The van der Waals surface area contributed by atoms with Crippen molar-refractivity contribution in [2.24, 2.45) is 11.7 Å². The lowest BCUT2D eigenvalue weighted by molar-refractivity contribution is -0.134. The van der Waals surface area contributed by atoms with Gasteiger partial charge in [-0.15, -0.1) is 12.4 Å². The van der Waals surface area contributed by atoms with Crippen molar-refractivity contribution >= 4 is 18.3 Å². The fourth-order valence-corrected chi connectivity index (χ4v) is 3.36. The number of amides is 1. The molecule has 1 aromatic heterocycles. The summed E-state index contributed by atoms with van der Waals surface area (Å²) in [7, 11) is 0. The summed E-state index contributed by atoms with van der Waals surface area (Å²) in [4.78, 5) is 25.8. The zero-order valence-electron chi connectivity index (χ0n) is 11.5. The van der Waals surface area contributed by atoms with E-state index in [-0.39, 0.29) is 29.8 Å². The van der Waals surface area contributed by atoms with E-state index < -0.39 is 6.04 Å². The summed E-state index contributed by atoms with van der Waals surface area (Å²) in [6.07, 6.45) is 1.06. The summed E-state index contributed by atoms with van der Waals surface area (Å²) >= 11 is 0. The van der Waals surface area contributed by atoms with Crippen LogP contribution in [-0.4, -0.2) is 34.5 Å². The molecule has 2 aliphatic rings. The number of hydrogen-bond donors (Lipinski definition) is 1. The minimum absolute atomic E-state index is 0. The zero-order valence-corrected chi connectivity index (χ0v) is 12.3. The molecule has 1 aromatic rings. The van der Waals surface area contributed by atoms with Gasteiger partial charge in [0, 0.05) is 37.3 Å². The van der Waals surface area contributed by atoms with E-state index in [2.05, 4.69) is 0 Å². The Morgan fingerprint density at radius 2 is 2.10 bits per heavy atom. The highest BCUT2D eigenvalue weighted by molar-refractivity contribution is 5.85. The van der Waals surface area contributed by atoms with Gasteiger partial charge < -0.3 is 15.2 Å². The fraction of sp³-hybridized carbons (Fsp3) is 0.571. The second-order valence-electron chi connectivity index (χ2n) is 5.73. The van der Waals surface area contributed by atoms with Gasteiger partial charge in [0.25, 0.3) is 5.56 Å². The van der Waals surface area contributed by atoms with Crippen molar-refractivity contribution in [3.8, 4) is 0 Å². The number of pyridine rings is 1. The van der Waals surface area contributed by atoms with E-state index in [1.807, 2.05) is 15.5 Å².